The smallest absolute Gasteiger partial charge is 0.118 e. The Bertz CT molecular complexity index is 859. The lowest BCUT2D eigenvalue weighted by Crippen LogP contribution is -2.32. The van der Waals surface area contributed by atoms with E-state index in [1.165, 1.54) is 5.56 Å². The monoisotopic (exact) mass is 379 g/mol. The van der Waals surface area contributed by atoms with E-state index in [2.05, 4.69) is 31.2 Å². The maximum absolute atomic E-state index is 10.5. The minimum Gasteiger partial charge on any atom is -0.465 e. The minimum atomic E-state index is -0.587. The highest BCUT2D eigenvalue weighted by molar-refractivity contribution is 5.35. The lowest BCUT2D eigenvalue weighted by molar-refractivity contribution is -0.00700. The molecule has 0 aliphatic carbocycles. The van der Waals surface area contributed by atoms with E-state index in [-0.39, 0.29) is 12.7 Å². The number of hydrogen-bond acceptors (Lipinski definition) is 4. The molecule has 0 spiro atoms. The molecule has 4 nitrogen and oxygen atoms in total. The number of furan rings is 1. The maximum atomic E-state index is 10.5. The molecule has 0 amide bonds. The second kappa shape index (κ2) is 9.69. The third-order valence-electron chi connectivity index (χ3n) is 4.77. The number of nitrogens with zero attached hydrogens (tertiary/aromatic N) is 1. The number of rotatable bonds is 9. The molecule has 0 radical (unpaired) electrons. The van der Waals surface area contributed by atoms with E-state index >= 15 is 0 Å². The van der Waals surface area contributed by atoms with Crippen LogP contribution in [-0.4, -0.2) is 36.3 Å². The summed E-state index contributed by atoms with van der Waals surface area (Å²) in [6, 6.07) is 22.3. The fourth-order valence-electron chi connectivity index (χ4n) is 3.39. The van der Waals surface area contributed by atoms with Crippen molar-refractivity contribution in [3.8, 4) is 0 Å². The number of hydrogen-bond donors (Lipinski definition) is 1. The number of benzene rings is 2. The summed E-state index contributed by atoms with van der Waals surface area (Å²) < 4.78 is 11.8. The molecule has 3 aromatic rings. The summed E-state index contributed by atoms with van der Waals surface area (Å²) in [5, 5.41) is 10.5. The maximum Gasteiger partial charge on any atom is 0.118 e. The Kier molecular flexibility index (Phi) is 7.04. The van der Waals surface area contributed by atoms with Gasteiger partial charge in [0, 0.05) is 6.54 Å². The van der Waals surface area contributed by atoms with Crippen molar-refractivity contribution >= 4 is 0 Å². The summed E-state index contributed by atoms with van der Waals surface area (Å²) in [4.78, 5) is 2.04. The Morgan fingerprint density at radius 3 is 2.36 bits per heavy atom. The molecule has 148 valence electrons. The molecule has 4 heteroatoms. The van der Waals surface area contributed by atoms with Crippen LogP contribution in [0.2, 0.25) is 0 Å². The van der Waals surface area contributed by atoms with Crippen molar-refractivity contribution in [3.63, 3.8) is 0 Å². The van der Waals surface area contributed by atoms with Gasteiger partial charge in [-0.15, -0.1) is 0 Å². The van der Waals surface area contributed by atoms with Crippen molar-refractivity contribution in [1.29, 1.82) is 0 Å². The van der Waals surface area contributed by atoms with E-state index < -0.39 is 6.10 Å². The molecular formula is C24H29NO3. The van der Waals surface area contributed by atoms with Crippen LogP contribution in [-0.2, 0) is 11.3 Å². The highest BCUT2D eigenvalue weighted by atomic mass is 16.5. The highest BCUT2D eigenvalue weighted by Crippen LogP contribution is 2.28. The lowest BCUT2D eigenvalue weighted by atomic mass is 9.97. The van der Waals surface area contributed by atoms with E-state index in [1.54, 1.807) is 0 Å². The van der Waals surface area contributed by atoms with Gasteiger partial charge in [-0.1, -0.05) is 54.6 Å². The molecule has 0 aliphatic rings. The van der Waals surface area contributed by atoms with E-state index in [0.717, 1.165) is 22.6 Å². The molecule has 1 heterocycles. The van der Waals surface area contributed by atoms with Crippen molar-refractivity contribution in [2.75, 3.05) is 20.2 Å². The van der Waals surface area contributed by atoms with Crippen LogP contribution in [0.4, 0.5) is 0 Å². The lowest BCUT2D eigenvalue weighted by Gasteiger charge is -2.24. The zero-order valence-electron chi connectivity index (χ0n) is 16.8. The summed E-state index contributed by atoms with van der Waals surface area (Å²) in [5.74, 6) is 1.80. The Morgan fingerprint density at radius 1 is 0.964 bits per heavy atom. The van der Waals surface area contributed by atoms with E-state index in [1.807, 2.05) is 61.3 Å². The molecule has 28 heavy (non-hydrogen) atoms. The van der Waals surface area contributed by atoms with Crippen molar-refractivity contribution < 1.29 is 14.3 Å². The molecule has 1 aromatic heterocycles. The average Bonchev–Trinajstić information content (AvgIpc) is 3.08. The molecule has 0 saturated heterocycles. The largest absolute Gasteiger partial charge is 0.465 e. The van der Waals surface area contributed by atoms with Gasteiger partial charge < -0.3 is 14.3 Å². The first kappa shape index (κ1) is 20.3. The van der Waals surface area contributed by atoms with Gasteiger partial charge in [0.1, 0.15) is 17.6 Å². The predicted molar refractivity (Wildman–Crippen MR) is 111 cm³/mol. The Morgan fingerprint density at radius 2 is 1.68 bits per heavy atom. The fourth-order valence-corrected chi connectivity index (χ4v) is 3.39. The minimum absolute atomic E-state index is 0.199. The van der Waals surface area contributed by atoms with Crippen molar-refractivity contribution in [2.24, 2.45) is 0 Å². The molecule has 0 saturated carbocycles. The van der Waals surface area contributed by atoms with Crippen LogP contribution in [0.1, 0.15) is 34.3 Å². The van der Waals surface area contributed by atoms with Gasteiger partial charge in [0.2, 0.25) is 0 Å². The van der Waals surface area contributed by atoms with Gasteiger partial charge >= 0.3 is 0 Å². The van der Waals surface area contributed by atoms with Crippen LogP contribution in [0.3, 0.4) is 0 Å². The third kappa shape index (κ3) is 5.55. The second-order valence-electron chi connectivity index (χ2n) is 7.34. The van der Waals surface area contributed by atoms with E-state index in [4.69, 9.17) is 9.15 Å². The number of aliphatic hydroxyl groups is 1. The zero-order chi connectivity index (χ0) is 19.9. The van der Waals surface area contributed by atoms with Crippen LogP contribution in [0.25, 0.3) is 0 Å². The number of aryl methyl sites for hydroxylation is 2. The SMILES string of the molecule is Cc1ccc(CN(C)C[C@@H](O)CO[C@H](c2ccccc2)c2ccccc2C)o1. The van der Waals surface area contributed by atoms with Crippen LogP contribution in [0.15, 0.2) is 71.1 Å². The first-order chi connectivity index (χ1) is 13.5. The zero-order valence-corrected chi connectivity index (χ0v) is 16.8. The molecule has 0 bridgehead atoms. The molecule has 0 unspecified atom stereocenters. The van der Waals surface area contributed by atoms with Gasteiger partial charge in [-0.3, -0.25) is 4.90 Å². The molecular weight excluding hydrogens is 350 g/mol. The predicted octanol–water partition coefficient (Wildman–Crippen LogP) is 4.50. The third-order valence-corrected chi connectivity index (χ3v) is 4.77. The topological polar surface area (TPSA) is 45.8 Å². The summed E-state index contributed by atoms with van der Waals surface area (Å²) >= 11 is 0. The van der Waals surface area contributed by atoms with Crippen molar-refractivity contribution in [3.05, 3.63) is 94.9 Å². The first-order valence-corrected chi connectivity index (χ1v) is 9.67. The van der Waals surface area contributed by atoms with Gasteiger partial charge in [-0.2, -0.15) is 0 Å². The standard InChI is InChI=1S/C24H29NO3/c1-18-9-7-8-12-23(18)24(20-10-5-4-6-11-20)27-17-21(26)15-25(3)16-22-14-13-19(2)28-22/h4-14,21,24,26H,15-17H2,1-3H3/t21-,24-/m1/s1. The molecule has 2 aromatic carbocycles. The van der Waals surface area contributed by atoms with Crippen LogP contribution < -0.4 is 0 Å². The molecule has 2 atom stereocenters. The normalized spacial score (nSPS) is 13.6. The van der Waals surface area contributed by atoms with Gasteiger partial charge in [0.15, 0.2) is 0 Å². The fraction of sp³-hybridized carbons (Fsp3) is 0.333. The Hall–Kier alpha value is -2.40. The van der Waals surface area contributed by atoms with Crippen LogP contribution in [0, 0.1) is 13.8 Å². The van der Waals surface area contributed by atoms with E-state index in [9.17, 15) is 5.11 Å². The number of aliphatic hydroxyl groups excluding tert-OH is 1. The first-order valence-electron chi connectivity index (χ1n) is 9.67. The highest BCUT2D eigenvalue weighted by Gasteiger charge is 2.19. The average molecular weight is 380 g/mol. The summed E-state index contributed by atoms with van der Waals surface area (Å²) in [5.41, 5.74) is 3.39. The number of ether oxygens (including phenoxy) is 1. The summed E-state index contributed by atoms with van der Waals surface area (Å²) in [6.07, 6.45) is -0.786. The number of likely N-dealkylation sites (N-methyl/N-ethyl adjacent to an activating group) is 1. The summed E-state index contributed by atoms with van der Waals surface area (Å²) in [6.45, 7) is 5.45. The molecule has 0 fully saturated rings. The van der Waals surface area contributed by atoms with Crippen LogP contribution >= 0.6 is 0 Å². The summed E-state index contributed by atoms with van der Waals surface area (Å²) in [7, 11) is 1.97. The molecule has 1 N–H and O–H groups in total. The van der Waals surface area contributed by atoms with Gasteiger partial charge in [-0.05, 0) is 49.7 Å². The Balaban J connectivity index is 1.62. The Labute approximate surface area is 167 Å². The quantitative estimate of drug-likeness (QED) is 0.595. The van der Waals surface area contributed by atoms with Gasteiger partial charge in [0.25, 0.3) is 0 Å². The van der Waals surface area contributed by atoms with Crippen molar-refractivity contribution in [2.45, 2.75) is 32.6 Å². The van der Waals surface area contributed by atoms with Crippen LogP contribution in [0.5, 0.6) is 0 Å². The second-order valence-corrected chi connectivity index (χ2v) is 7.34. The van der Waals surface area contributed by atoms with E-state index in [0.29, 0.717) is 13.1 Å². The van der Waals surface area contributed by atoms with Gasteiger partial charge in [-0.25, -0.2) is 0 Å². The van der Waals surface area contributed by atoms with Gasteiger partial charge in [0.05, 0.1) is 19.3 Å². The molecule has 0 aliphatic heterocycles. The van der Waals surface area contributed by atoms with Crippen molar-refractivity contribution in [1.82, 2.24) is 4.90 Å². The molecule has 3 rings (SSSR count).